The van der Waals surface area contributed by atoms with Crippen LogP contribution in [0.15, 0.2) is 50.6 Å². The molecule has 0 amide bonds. The number of rotatable bonds is 10. The first-order valence-corrected chi connectivity index (χ1v) is 8.03. The predicted octanol–water partition coefficient (Wildman–Crippen LogP) is 3.20. The molecule has 0 fully saturated rings. The highest BCUT2D eigenvalue weighted by molar-refractivity contribution is 14.0. The average Bonchev–Trinajstić information content (AvgIpc) is 3.25. The normalized spacial score (nSPS) is 11.1. The van der Waals surface area contributed by atoms with Gasteiger partial charge in [-0.25, -0.2) is 4.99 Å². The van der Waals surface area contributed by atoms with Gasteiger partial charge in [0.1, 0.15) is 18.1 Å². The Morgan fingerprint density at radius 3 is 2.46 bits per heavy atom. The molecule has 2 N–H and O–H groups in total. The van der Waals surface area contributed by atoms with Crippen molar-refractivity contribution in [3.05, 3.63) is 48.3 Å². The van der Waals surface area contributed by atoms with Crippen LogP contribution in [-0.2, 0) is 17.7 Å². The lowest BCUT2D eigenvalue weighted by Crippen LogP contribution is -2.39. The second-order valence-corrected chi connectivity index (χ2v) is 4.98. The molecule has 2 rings (SSSR count). The van der Waals surface area contributed by atoms with E-state index in [-0.39, 0.29) is 24.0 Å². The molecule has 0 aromatic carbocycles. The Morgan fingerprint density at radius 2 is 1.79 bits per heavy atom. The summed E-state index contributed by atoms with van der Waals surface area (Å²) in [5.74, 6) is 2.56. The van der Waals surface area contributed by atoms with Crippen LogP contribution in [-0.4, -0.2) is 32.3 Å². The third-order valence-corrected chi connectivity index (χ3v) is 3.18. The van der Waals surface area contributed by atoms with Gasteiger partial charge in [0.15, 0.2) is 5.96 Å². The largest absolute Gasteiger partial charge is 0.469 e. The first-order chi connectivity index (χ1) is 11.4. The number of aliphatic imine (C=N–C) groups is 1. The quantitative estimate of drug-likeness (QED) is 0.253. The van der Waals surface area contributed by atoms with E-state index in [1.807, 2.05) is 31.2 Å². The lowest BCUT2D eigenvalue weighted by Gasteiger charge is -2.12. The Balaban J connectivity index is 0.00000288. The minimum Gasteiger partial charge on any atom is -0.469 e. The van der Waals surface area contributed by atoms with E-state index < -0.39 is 0 Å². The third kappa shape index (κ3) is 8.39. The second-order valence-electron chi connectivity index (χ2n) is 4.98. The van der Waals surface area contributed by atoms with Gasteiger partial charge in [-0.05, 0) is 37.6 Å². The zero-order valence-electron chi connectivity index (χ0n) is 14.0. The minimum atomic E-state index is 0. The van der Waals surface area contributed by atoms with Crippen LogP contribution < -0.4 is 10.6 Å². The average molecular weight is 447 g/mol. The minimum absolute atomic E-state index is 0. The van der Waals surface area contributed by atoms with Crippen LogP contribution in [0.25, 0.3) is 0 Å². The molecule has 0 saturated heterocycles. The van der Waals surface area contributed by atoms with Crippen molar-refractivity contribution < 1.29 is 13.6 Å². The van der Waals surface area contributed by atoms with Gasteiger partial charge in [0.25, 0.3) is 0 Å². The summed E-state index contributed by atoms with van der Waals surface area (Å²) in [6, 6.07) is 7.65. The van der Waals surface area contributed by atoms with Crippen LogP contribution >= 0.6 is 24.0 Å². The van der Waals surface area contributed by atoms with E-state index >= 15 is 0 Å². The molecule has 0 atom stereocenters. The Kier molecular flexibility index (Phi) is 11.0. The van der Waals surface area contributed by atoms with E-state index in [4.69, 9.17) is 13.6 Å². The van der Waals surface area contributed by atoms with Crippen LogP contribution in [0.3, 0.4) is 0 Å². The fourth-order valence-corrected chi connectivity index (χ4v) is 2.02. The molecular formula is C17H26IN3O3. The smallest absolute Gasteiger partial charge is 0.191 e. The van der Waals surface area contributed by atoms with Gasteiger partial charge in [-0.1, -0.05) is 0 Å². The van der Waals surface area contributed by atoms with E-state index in [1.54, 1.807) is 12.5 Å². The van der Waals surface area contributed by atoms with Gasteiger partial charge in [-0.2, -0.15) is 0 Å². The van der Waals surface area contributed by atoms with Crippen LogP contribution in [0.1, 0.15) is 24.9 Å². The number of nitrogens with one attached hydrogen (secondary N) is 2. The molecule has 0 radical (unpaired) electrons. The zero-order chi connectivity index (χ0) is 16.2. The Bertz CT molecular complexity index is 541. The van der Waals surface area contributed by atoms with Gasteiger partial charge in [-0.15, -0.1) is 24.0 Å². The zero-order valence-corrected chi connectivity index (χ0v) is 16.3. The van der Waals surface area contributed by atoms with Crippen molar-refractivity contribution >= 4 is 29.9 Å². The maximum absolute atomic E-state index is 5.34. The van der Waals surface area contributed by atoms with Crippen molar-refractivity contribution in [2.75, 3.05) is 26.3 Å². The van der Waals surface area contributed by atoms with Crippen molar-refractivity contribution in [1.29, 1.82) is 0 Å². The second kappa shape index (κ2) is 12.9. The summed E-state index contributed by atoms with van der Waals surface area (Å²) in [5.41, 5.74) is 0. The molecule has 0 spiro atoms. The summed E-state index contributed by atoms with van der Waals surface area (Å²) in [6.07, 6.45) is 5.10. The third-order valence-electron chi connectivity index (χ3n) is 3.18. The predicted molar refractivity (Wildman–Crippen MR) is 105 cm³/mol. The van der Waals surface area contributed by atoms with Gasteiger partial charge < -0.3 is 24.2 Å². The Hall–Kier alpha value is -1.48. The molecule has 7 heteroatoms. The fraction of sp³-hybridized carbons (Fsp3) is 0.471. The number of guanidine groups is 1. The van der Waals surface area contributed by atoms with E-state index in [0.29, 0.717) is 6.54 Å². The summed E-state index contributed by atoms with van der Waals surface area (Å²) in [5, 5.41) is 6.62. The molecule has 6 nitrogen and oxygen atoms in total. The lowest BCUT2D eigenvalue weighted by molar-refractivity contribution is 0.145. The van der Waals surface area contributed by atoms with E-state index in [2.05, 4.69) is 15.6 Å². The van der Waals surface area contributed by atoms with Crippen LogP contribution in [0.4, 0.5) is 0 Å². The topological polar surface area (TPSA) is 71.9 Å². The molecule has 0 bridgehead atoms. The lowest BCUT2D eigenvalue weighted by atomic mass is 10.3. The van der Waals surface area contributed by atoms with Gasteiger partial charge in [0.2, 0.25) is 0 Å². The first-order valence-electron chi connectivity index (χ1n) is 8.03. The summed E-state index contributed by atoms with van der Waals surface area (Å²) < 4.78 is 16.0. The standard InChI is InChI=1S/C17H25N3O3.HI/c1-2-21-11-5-9-18-17(20-14-16-7-4-13-23-16)19-10-8-15-6-3-12-22-15;/h3-4,6-7,12-13H,2,5,8-11,14H2,1H3,(H2,18,19,20);1H. The maximum atomic E-state index is 5.34. The van der Waals surface area contributed by atoms with Crippen LogP contribution in [0.5, 0.6) is 0 Å². The number of hydrogen-bond acceptors (Lipinski definition) is 4. The van der Waals surface area contributed by atoms with Gasteiger partial charge in [0.05, 0.1) is 12.5 Å². The fourth-order valence-electron chi connectivity index (χ4n) is 2.02. The van der Waals surface area contributed by atoms with Crippen molar-refractivity contribution in [3.63, 3.8) is 0 Å². The Morgan fingerprint density at radius 1 is 1.08 bits per heavy atom. The van der Waals surface area contributed by atoms with Crippen molar-refractivity contribution in [1.82, 2.24) is 10.6 Å². The molecule has 0 aliphatic rings. The first kappa shape index (κ1) is 20.6. The molecule has 0 aliphatic heterocycles. The van der Waals surface area contributed by atoms with E-state index in [9.17, 15) is 0 Å². The van der Waals surface area contributed by atoms with Crippen molar-refractivity contribution in [2.24, 2.45) is 4.99 Å². The van der Waals surface area contributed by atoms with Gasteiger partial charge >= 0.3 is 0 Å². The number of furan rings is 2. The molecule has 2 aromatic rings. The molecule has 2 aromatic heterocycles. The molecule has 0 saturated carbocycles. The summed E-state index contributed by atoms with van der Waals surface area (Å²) >= 11 is 0. The molecule has 0 unspecified atom stereocenters. The van der Waals surface area contributed by atoms with Gasteiger partial charge in [-0.3, -0.25) is 0 Å². The molecule has 0 aliphatic carbocycles. The van der Waals surface area contributed by atoms with E-state index in [1.165, 1.54) is 0 Å². The molecule has 134 valence electrons. The molecular weight excluding hydrogens is 421 g/mol. The summed E-state index contributed by atoms with van der Waals surface area (Å²) in [6.45, 7) is 5.57. The highest BCUT2D eigenvalue weighted by atomic mass is 127. The monoisotopic (exact) mass is 447 g/mol. The van der Waals surface area contributed by atoms with Crippen LogP contribution in [0, 0.1) is 0 Å². The summed E-state index contributed by atoms with van der Waals surface area (Å²) in [7, 11) is 0. The van der Waals surface area contributed by atoms with Crippen LogP contribution in [0.2, 0.25) is 0 Å². The highest BCUT2D eigenvalue weighted by Gasteiger charge is 2.01. The van der Waals surface area contributed by atoms with Crippen molar-refractivity contribution in [2.45, 2.75) is 26.3 Å². The Labute approximate surface area is 160 Å². The SMILES string of the molecule is CCOCCCNC(=NCc1ccco1)NCCc1ccco1.I. The molecule has 24 heavy (non-hydrogen) atoms. The maximum Gasteiger partial charge on any atom is 0.191 e. The van der Waals surface area contributed by atoms with E-state index in [0.717, 1.165) is 56.6 Å². The summed E-state index contributed by atoms with van der Waals surface area (Å²) in [4.78, 5) is 4.53. The number of halogens is 1. The van der Waals surface area contributed by atoms with Gasteiger partial charge in [0, 0.05) is 32.7 Å². The highest BCUT2D eigenvalue weighted by Crippen LogP contribution is 2.02. The molecule has 2 heterocycles. The van der Waals surface area contributed by atoms with Crippen molar-refractivity contribution in [3.8, 4) is 0 Å². The number of ether oxygens (including phenoxy) is 1. The number of hydrogen-bond donors (Lipinski definition) is 2. The number of nitrogens with zero attached hydrogens (tertiary/aromatic N) is 1.